The molecule has 1 saturated carbocycles. The molecule has 1 amide bonds. The first-order valence-electron chi connectivity index (χ1n) is 11.0. The van der Waals surface area contributed by atoms with E-state index in [1.807, 2.05) is 35.2 Å². The highest BCUT2D eigenvalue weighted by molar-refractivity contribution is 6.30. The van der Waals surface area contributed by atoms with Gasteiger partial charge in [-0.25, -0.2) is 9.97 Å². The molecule has 5 rings (SSSR count). The van der Waals surface area contributed by atoms with Crippen LogP contribution in [0, 0.1) is 0 Å². The third-order valence-corrected chi connectivity index (χ3v) is 6.74. The predicted molar refractivity (Wildman–Crippen MR) is 127 cm³/mol. The molecule has 2 fully saturated rings. The lowest BCUT2D eigenvalue weighted by Gasteiger charge is -2.16. The molecule has 7 nitrogen and oxygen atoms in total. The van der Waals surface area contributed by atoms with Crippen molar-refractivity contribution in [3.63, 3.8) is 0 Å². The van der Waals surface area contributed by atoms with Crippen LogP contribution < -0.4 is 5.73 Å². The summed E-state index contributed by atoms with van der Waals surface area (Å²) in [6, 6.07) is 8.51. The fourth-order valence-corrected chi connectivity index (χ4v) is 4.62. The summed E-state index contributed by atoms with van der Waals surface area (Å²) in [6.07, 6.45) is 10.7. The van der Waals surface area contributed by atoms with Crippen LogP contribution in [0.4, 0.5) is 5.82 Å². The van der Waals surface area contributed by atoms with Gasteiger partial charge in [0.1, 0.15) is 17.8 Å². The second-order valence-corrected chi connectivity index (χ2v) is 9.15. The Bertz CT molecular complexity index is 1170. The van der Waals surface area contributed by atoms with Crippen LogP contribution in [0.15, 0.2) is 48.9 Å². The van der Waals surface area contributed by atoms with Crippen LogP contribution in [-0.4, -0.2) is 63.0 Å². The normalized spacial score (nSPS) is 19.0. The first-order valence-corrected chi connectivity index (χ1v) is 11.4. The number of fused-ring (bicyclic) bond motifs is 1. The first kappa shape index (κ1) is 21.0. The maximum atomic E-state index is 12.7. The summed E-state index contributed by atoms with van der Waals surface area (Å²) >= 11 is 6.07. The number of aromatic nitrogens is 3. The van der Waals surface area contributed by atoms with Crippen LogP contribution in [0.25, 0.3) is 22.2 Å². The van der Waals surface area contributed by atoms with Gasteiger partial charge in [0.15, 0.2) is 0 Å². The number of nitrogen functional groups attached to an aromatic ring is 1. The summed E-state index contributed by atoms with van der Waals surface area (Å²) in [6.45, 7) is 2.19. The van der Waals surface area contributed by atoms with Crippen molar-refractivity contribution >= 4 is 34.4 Å². The van der Waals surface area contributed by atoms with E-state index in [-0.39, 0.29) is 11.9 Å². The van der Waals surface area contributed by atoms with Crippen LogP contribution in [-0.2, 0) is 4.79 Å². The Morgan fingerprint density at radius 2 is 2.03 bits per heavy atom. The van der Waals surface area contributed by atoms with Crippen molar-refractivity contribution in [2.45, 2.75) is 31.3 Å². The molecule has 3 heterocycles. The fraction of sp³-hybridized carbons (Fsp3) is 0.375. The number of nitrogens with zero attached hydrogens (tertiary/aromatic N) is 5. The van der Waals surface area contributed by atoms with Crippen LogP contribution in [0.1, 0.15) is 25.3 Å². The zero-order valence-electron chi connectivity index (χ0n) is 18.1. The largest absolute Gasteiger partial charge is 0.383 e. The van der Waals surface area contributed by atoms with E-state index in [1.54, 1.807) is 6.08 Å². The van der Waals surface area contributed by atoms with Gasteiger partial charge in [0, 0.05) is 48.5 Å². The number of halogens is 1. The van der Waals surface area contributed by atoms with Crippen molar-refractivity contribution in [2.24, 2.45) is 0 Å². The molecule has 1 atom stereocenters. The predicted octanol–water partition coefficient (Wildman–Crippen LogP) is 3.76. The molecule has 1 saturated heterocycles. The van der Waals surface area contributed by atoms with Gasteiger partial charge < -0.3 is 15.2 Å². The molecule has 8 heteroatoms. The number of likely N-dealkylation sites (N-methyl/N-ethyl adjacent to an activating group) is 1. The number of carbonyl (C=O) groups excluding carboxylic acids is 1. The van der Waals surface area contributed by atoms with E-state index in [0.717, 1.165) is 41.7 Å². The summed E-state index contributed by atoms with van der Waals surface area (Å²) in [5.41, 5.74) is 9.03. The van der Waals surface area contributed by atoms with Crippen LogP contribution >= 0.6 is 11.6 Å². The van der Waals surface area contributed by atoms with Gasteiger partial charge in [-0.2, -0.15) is 0 Å². The number of hydrogen-bond acceptors (Lipinski definition) is 5. The molecule has 0 unspecified atom stereocenters. The summed E-state index contributed by atoms with van der Waals surface area (Å²) in [5, 5.41) is 1.52. The van der Waals surface area contributed by atoms with Crippen molar-refractivity contribution in [1.82, 2.24) is 24.3 Å². The number of likely N-dealkylation sites (tertiary alicyclic amines) is 1. The molecule has 0 bridgehead atoms. The number of benzene rings is 1. The molecule has 3 aromatic rings. The lowest BCUT2D eigenvalue weighted by atomic mass is 10.1. The smallest absolute Gasteiger partial charge is 0.246 e. The topological polar surface area (TPSA) is 80.3 Å². The van der Waals surface area contributed by atoms with Crippen molar-refractivity contribution < 1.29 is 4.79 Å². The molecular formula is C24H27ClN6O. The highest BCUT2D eigenvalue weighted by atomic mass is 35.5. The quantitative estimate of drug-likeness (QED) is 0.578. The molecule has 2 N–H and O–H groups in total. The van der Waals surface area contributed by atoms with Gasteiger partial charge in [-0.05, 0) is 44.0 Å². The second-order valence-electron chi connectivity index (χ2n) is 8.71. The Balaban J connectivity index is 1.37. The molecule has 0 spiro atoms. The Labute approximate surface area is 192 Å². The highest BCUT2D eigenvalue weighted by Crippen LogP contribution is 2.36. The molecule has 32 heavy (non-hydrogen) atoms. The molecule has 0 radical (unpaired) electrons. The number of hydrogen-bond donors (Lipinski definition) is 1. The average molecular weight is 451 g/mol. The van der Waals surface area contributed by atoms with Crippen molar-refractivity contribution in [3.05, 3.63) is 54.0 Å². The molecule has 1 aromatic carbocycles. The number of carbonyl (C=O) groups is 1. The Morgan fingerprint density at radius 3 is 2.78 bits per heavy atom. The summed E-state index contributed by atoms with van der Waals surface area (Å²) in [4.78, 5) is 25.7. The Morgan fingerprint density at radius 1 is 1.25 bits per heavy atom. The Kier molecular flexibility index (Phi) is 5.61. The second kappa shape index (κ2) is 8.56. The zero-order valence-corrected chi connectivity index (χ0v) is 18.9. The number of amides is 1. The summed E-state index contributed by atoms with van der Waals surface area (Å²) in [5.74, 6) is 0.521. The summed E-state index contributed by atoms with van der Waals surface area (Å²) < 4.78 is 2.15. The SMILES string of the molecule is CN(C/C=C/C(=O)N1CC[C@@H](n2cc(-c3ccc(Cl)cc3)c3c(N)ncnc32)C1)C1CC1. The van der Waals surface area contributed by atoms with E-state index in [0.29, 0.717) is 23.4 Å². The van der Waals surface area contributed by atoms with E-state index < -0.39 is 0 Å². The van der Waals surface area contributed by atoms with Crippen LogP contribution in [0.5, 0.6) is 0 Å². The van der Waals surface area contributed by atoms with Crippen molar-refractivity contribution in [1.29, 1.82) is 0 Å². The molecule has 1 aliphatic heterocycles. The van der Waals surface area contributed by atoms with Gasteiger partial charge >= 0.3 is 0 Å². The molecule has 1 aliphatic carbocycles. The fourth-order valence-electron chi connectivity index (χ4n) is 4.49. The van der Waals surface area contributed by atoms with E-state index in [1.165, 1.54) is 19.2 Å². The lowest BCUT2D eigenvalue weighted by molar-refractivity contribution is -0.125. The summed E-state index contributed by atoms with van der Waals surface area (Å²) in [7, 11) is 2.11. The Hall–Kier alpha value is -2.90. The minimum atomic E-state index is 0.0697. The first-order chi connectivity index (χ1) is 15.5. The monoisotopic (exact) mass is 450 g/mol. The van der Waals surface area contributed by atoms with Crippen LogP contribution in [0.2, 0.25) is 5.02 Å². The van der Waals surface area contributed by atoms with E-state index in [4.69, 9.17) is 17.3 Å². The third-order valence-electron chi connectivity index (χ3n) is 6.49. The number of rotatable bonds is 6. The molecule has 2 aromatic heterocycles. The molecule has 2 aliphatic rings. The molecule has 166 valence electrons. The average Bonchev–Trinajstić information content (AvgIpc) is 3.39. The van der Waals surface area contributed by atoms with E-state index >= 15 is 0 Å². The minimum absolute atomic E-state index is 0.0697. The van der Waals surface area contributed by atoms with Gasteiger partial charge in [-0.1, -0.05) is 29.8 Å². The third kappa shape index (κ3) is 4.10. The van der Waals surface area contributed by atoms with E-state index in [2.05, 4.69) is 32.7 Å². The van der Waals surface area contributed by atoms with Crippen LogP contribution in [0.3, 0.4) is 0 Å². The van der Waals surface area contributed by atoms with Gasteiger partial charge in [0.05, 0.1) is 11.4 Å². The number of anilines is 1. The maximum absolute atomic E-state index is 12.7. The number of nitrogens with two attached hydrogens (primary N) is 1. The highest BCUT2D eigenvalue weighted by Gasteiger charge is 2.29. The van der Waals surface area contributed by atoms with Crippen molar-refractivity contribution in [3.8, 4) is 11.1 Å². The molecular weight excluding hydrogens is 424 g/mol. The lowest BCUT2D eigenvalue weighted by Crippen LogP contribution is -2.28. The zero-order chi connectivity index (χ0) is 22.2. The standard InChI is InChI=1S/C24H27ClN6O/c1-29(18-8-9-18)11-2-3-21(32)30-12-10-19(13-30)31-14-20(16-4-6-17(25)7-5-16)22-23(26)27-15-28-24(22)31/h2-7,14-15,18-19H,8-13H2,1H3,(H2,26,27,28)/b3-2+/t19-/m1/s1. The maximum Gasteiger partial charge on any atom is 0.246 e. The van der Waals surface area contributed by atoms with Gasteiger partial charge in [0.2, 0.25) is 5.91 Å². The minimum Gasteiger partial charge on any atom is -0.383 e. The van der Waals surface area contributed by atoms with Gasteiger partial charge in [-0.15, -0.1) is 0 Å². The van der Waals surface area contributed by atoms with Gasteiger partial charge in [-0.3, -0.25) is 9.69 Å². The van der Waals surface area contributed by atoms with Crippen molar-refractivity contribution in [2.75, 3.05) is 32.4 Å². The van der Waals surface area contributed by atoms with E-state index in [9.17, 15) is 4.79 Å². The van der Waals surface area contributed by atoms with Gasteiger partial charge in [0.25, 0.3) is 0 Å².